The summed E-state index contributed by atoms with van der Waals surface area (Å²) in [7, 11) is 1.56. The predicted molar refractivity (Wildman–Crippen MR) is 82.3 cm³/mol. The number of aromatic nitrogens is 2. The first-order valence-electron chi connectivity index (χ1n) is 7.20. The number of hydrogen-bond donors (Lipinski definition) is 0. The van der Waals surface area contributed by atoms with Gasteiger partial charge in [-0.2, -0.15) is 4.98 Å². The lowest BCUT2D eigenvalue weighted by molar-refractivity contribution is 0.00578. The summed E-state index contributed by atoms with van der Waals surface area (Å²) in [6, 6.07) is 8.52. The molecule has 2 heterocycles. The summed E-state index contributed by atoms with van der Waals surface area (Å²) in [4.78, 5) is 4.48. The Morgan fingerprint density at radius 3 is 2.38 bits per heavy atom. The van der Waals surface area contributed by atoms with Gasteiger partial charge in [0.1, 0.15) is 6.51 Å². The molecule has 0 unspecified atom stereocenters. The van der Waals surface area contributed by atoms with Crippen LogP contribution in [0.3, 0.4) is 0 Å². The minimum absolute atomic E-state index is 0.323. The van der Waals surface area contributed by atoms with Crippen LogP contribution in [-0.4, -0.2) is 34.4 Å². The second-order valence-corrected chi connectivity index (χ2v) is 6.44. The van der Waals surface area contributed by atoms with E-state index in [1.54, 1.807) is 0 Å². The van der Waals surface area contributed by atoms with Gasteiger partial charge in [-0.3, -0.25) is 4.57 Å². The van der Waals surface area contributed by atoms with Crippen LogP contribution in [0.25, 0.3) is 11.0 Å². The highest BCUT2D eigenvalue weighted by molar-refractivity contribution is 6.45. The van der Waals surface area contributed by atoms with Crippen LogP contribution >= 0.6 is 0 Å². The van der Waals surface area contributed by atoms with Crippen molar-refractivity contribution >= 4 is 18.2 Å². The lowest BCUT2D eigenvalue weighted by atomic mass is 9.90. The van der Waals surface area contributed by atoms with Gasteiger partial charge < -0.3 is 14.0 Å². The summed E-state index contributed by atoms with van der Waals surface area (Å²) in [6.07, 6.45) is 0. The quantitative estimate of drug-likeness (QED) is 0.814. The van der Waals surface area contributed by atoms with E-state index in [1.807, 2.05) is 63.6 Å². The van der Waals surface area contributed by atoms with E-state index in [4.69, 9.17) is 14.0 Å². The molecule has 1 aromatic carbocycles. The minimum atomic E-state index is -0.380. The van der Waals surface area contributed by atoms with E-state index >= 15 is 0 Å². The van der Waals surface area contributed by atoms with E-state index in [0.29, 0.717) is 12.5 Å². The Kier molecular flexibility index (Phi) is 3.26. The number of nitrogens with zero attached hydrogens (tertiary/aromatic N) is 2. The number of benzene rings is 1. The second-order valence-electron chi connectivity index (χ2n) is 6.44. The van der Waals surface area contributed by atoms with E-state index < -0.39 is 0 Å². The molecule has 0 N–H and O–H groups in total. The number of fused-ring (bicyclic) bond motifs is 1. The molecule has 1 aliphatic rings. The predicted octanol–water partition coefficient (Wildman–Crippen LogP) is 2.58. The van der Waals surface area contributed by atoms with Crippen LogP contribution in [-0.2, 0) is 16.4 Å². The highest BCUT2D eigenvalue weighted by atomic mass is 16.7. The van der Waals surface area contributed by atoms with Crippen LogP contribution in [0.5, 0.6) is 6.01 Å². The van der Waals surface area contributed by atoms with Crippen molar-refractivity contribution in [2.75, 3.05) is 6.51 Å². The van der Waals surface area contributed by atoms with E-state index in [0.717, 1.165) is 11.0 Å². The molecule has 0 saturated carbocycles. The van der Waals surface area contributed by atoms with Gasteiger partial charge in [-0.05, 0) is 39.8 Å². The van der Waals surface area contributed by atoms with Crippen molar-refractivity contribution in [3.05, 3.63) is 24.3 Å². The van der Waals surface area contributed by atoms with E-state index in [-0.39, 0.29) is 18.3 Å². The molecule has 2 aromatic rings. The van der Waals surface area contributed by atoms with Crippen molar-refractivity contribution in [1.82, 2.24) is 9.55 Å². The molecule has 112 valence electrons. The highest BCUT2D eigenvalue weighted by Crippen LogP contribution is 2.36. The molecule has 0 aliphatic carbocycles. The lowest BCUT2D eigenvalue weighted by Gasteiger charge is -2.32. The minimum Gasteiger partial charge on any atom is -0.467 e. The Morgan fingerprint density at radius 2 is 1.76 bits per heavy atom. The molecule has 21 heavy (non-hydrogen) atoms. The maximum atomic E-state index is 5.92. The fraction of sp³-hybridized carbons (Fsp3) is 0.533. The van der Waals surface area contributed by atoms with Crippen molar-refractivity contribution < 1.29 is 14.0 Å². The third kappa shape index (κ3) is 2.42. The highest BCUT2D eigenvalue weighted by Gasteiger charge is 2.51. The number of aryl methyl sites for hydroxylation is 1. The van der Waals surface area contributed by atoms with Crippen LogP contribution in [0, 0.1) is 0 Å². The first kappa shape index (κ1) is 14.4. The van der Waals surface area contributed by atoms with Crippen LogP contribution < -0.4 is 4.74 Å². The monoisotopic (exact) mass is 288 g/mol. The fourth-order valence-corrected chi connectivity index (χ4v) is 2.43. The Hall–Kier alpha value is -1.53. The van der Waals surface area contributed by atoms with Crippen molar-refractivity contribution in [3.8, 4) is 6.01 Å². The molecule has 1 aromatic heterocycles. The molecule has 5 nitrogen and oxygen atoms in total. The standard InChI is InChI=1S/C15H21BN2O3/c1-14(2)15(3,4)21-16(20-14)10-19-13-17-11-8-6-7-9-12(11)18(13)5/h6-9H,10H2,1-5H3. The van der Waals surface area contributed by atoms with Gasteiger partial charge in [0, 0.05) is 7.05 Å². The number of hydrogen-bond acceptors (Lipinski definition) is 4. The van der Waals surface area contributed by atoms with Gasteiger partial charge in [0.25, 0.3) is 6.01 Å². The SMILES string of the molecule is Cn1c(OCB2OC(C)(C)C(C)(C)O2)nc2ccccc21. The zero-order valence-corrected chi connectivity index (χ0v) is 13.2. The number of ether oxygens (including phenoxy) is 1. The molecule has 6 heteroatoms. The van der Waals surface area contributed by atoms with Crippen molar-refractivity contribution in [1.29, 1.82) is 0 Å². The molecule has 0 spiro atoms. The van der Waals surface area contributed by atoms with Gasteiger partial charge in [0.15, 0.2) is 0 Å². The average molecular weight is 288 g/mol. The first-order valence-corrected chi connectivity index (χ1v) is 7.20. The molecular formula is C15H21BN2O3. The van der Waals surface area contributed by atoms with Crippen LogP contribution in [0.2, 0.25) is 0 Å². The maximum Gasteiger partial charge on any atom is 0.498 e. The second kappa shape index (κ2) is 4.75. The van der Waals surface area contributed by atoms with Crippen molar-refractivity contribution in [2.45, 2.75) is 38.9 Å². The van der Waals surface area contributed by atoms with Crippen molar-refractivity contribution in [2.24, 2.45) is 7.05 Å². The van der Waals surface area contributed by atoms with Crippen molar-refractivity contribution in [3.63, 3.8) is 0 Å². The molecule has 3 rings (SSSR count). The normalized spacial score (nSPS) is 20.1. The van der Waals surface area contributed by atoms with Crippen LogP contribution in [0.4, 0.5) is 0 Å². The molecule has 1 aliphatic heterocycles. The molecule has 0 amide bonds. The molecule has 1 saturated heterocycles. The number of para-hydroxylation sites is 2. The third-order valence-electron chi connectivity index (χ3n) is 4.40. The Labute approximate surface area is 125 Å². The average Bonchev–Trinajstić information content (AvgIpc) is 2.82. The topological polar surface area (TPSA) is 45.5 Å². The molecule has 0 radical (unpaired) electrons. The molecule has 0 atom stereocenters. The Bertz CT molecular complexity index is 650. The van der Waals surface area contributed by atoms with Gasteiger partial charge in [-0.25, -0.2) is 0 Å². The maximum absolute atomic E-state index is 5.92. The molecule has 1 fully saturated rings. The number of imidazole rings is 1. The smallest absolute Gasteiger partial charge is 0.467 e. The number of rotatable bonds is 3. The summed E-state index contributed by atoms with van der Waals surface area (Å²) >= 11 is 0. The van der Waals surface area contributed by atoms with Gasteiger partial charge in [0.05, 0.1) is 22.2 Å². The third-order valence-corrected chi connectivity index (χ3v) is 4.40. The van der Waals surface area contributed by atoms with Gasteiger partial charge in [-0.15, -0.1) is 0 Å². The Balaban J connectivity index is 1.72. The zero-order chi connectivity index (χ0) is 15.3. The van der Waals surface area contributed by atoms with E-state index in [2.05, 4.69) is 4.98 Å². The first-order chi connectivity index (χ1) is 9.80. The summed E-state index contributed by atoms with van der Waals surface area (Å²) in [5, 5.41) is 0. The van der Waals surface area contributed by atoms with Crippen LogP contribution in [0.1, 0.15) is 27.7 Å². The zero-order valence-electron chi connectivity index (χ0n) is 13.2. The summed E-state index contributed by atoms with van der Waals surface area (Å²) in [6.45, 7) is 8.44. The lowest BCUT2D eigenvalue weighted by Crippen LogP contribution is -2.41. The summed E-state index contributed by atoms with van der Waals surface area (Å²) in [5.41, 5.74) is 1.28. The van der Waals surface area contributed by atoms with Gasteiger partial charge >= 0.3 is 7.12 Å². The van der Waals surface area contributed by atoms with Gasteiger partial charge in [-0.1, -0.05) is 12.1 Å². The molecule has 0 bridgehead atoms. The van der Waals surface area contributed by atoms with Crippen LogP contribution in [0.15, 0.2) is 24.3 Å². The molecular weight excluding hydrogens is 267 g/mol. The summed E-state index contributed by atoms with van der Waals surface area (Å²) in [5.74, 6) is 0. The largest absolute Gasteiger partial charge is 0.498 e. The van der Waals surface area contributed by atoms with E-state index in [1.165, 1.54) is 0 Å². The Morgan fingerprint density at radius 1 is 1.14 bits per heavy atom. The van der Waals surface area contributed by atoms with E-state index in [9.17, 15) is 0 Å². The fourth-order valence-electron chi connectivity index (χ4n) is 2.43. The summed E-state index contributed by atoms with van der Waals surface area (Å²) < 4.78 is 19.6. The van der Waals surface area contributed by atoms with Gasteiger partial charge in [0.2, 0.25) is 0 Å².